The Bertz CT molecular complexity index is 1210. The van der Waals surface area contributed by atoms with Crippen LogP contribution in [0.15, 0.2) is 97.6 Å². The molecule has 0 saturated carbocycles. The Balaban J connectivity index is 0.00000204. The van der Waals surface area contributed by atoms with E-state index in [0.717, 1.165) is 22.3 Å². The van der Waals surface area contributed by atoms with Crippen LogP contribution in [-0.4, -0.2) is 34.3 Å². The first-order valence-electron chi connectivity index (χ1n) is 10.4. The van der Waals surface area contributed by atoms with Crippen LogP contribution in [0.2, 0.25) is 0 Å². The highest BCUT2D eigenvalue weighted by molar-refractivity contribution is 6.59. The number of nitrogens with zero attached hydrogens (tertiary/aromatic N) is 2. The summed E-state index contributed by atoms with van der Waals surface area (Å²) in [4.78, 5) is 0. The quantitative estimate of drug-likeness (QED) is 0.128. The lowest BCUT2D eigenvalue weighted by atomic mass is 9.77. The van der Waals surface area contributed by atoms with E-state index in [0.29, 0.717) is 24.0 Å². The molecule has 2 heterocycles. The van der Waals surface area contributed by atoms with Crippen molar-refractivity contribution in [1.82, 2.24) is 0 Å². The summed E-state index contributed by atoms with van der Waals surface area (Å²) < 4.78 is 4.00. The maximum Gasteiger partial charge on any atom is 0.488 e. The lowest BCUT2D eigenvalue weighted by Gasteiger charge is -2.07. The second kappa shape index (κ2) is 12.9. The predicted molar refractivity (Wildman–Crippen MR) is 123 cm³/mol. The highest BCUT2D eigenvalue weighted by atomic mass is 79.9. The van der Waals surface area contributed by atoms with Gasteiger partial charge in [-0.05, 0) is 22.6 Å². The summed E-state index contributed by atoms with van der Waals surface area (Å²) in [5, 5.41) is 38.4. The molecule has 0 radical (unpaired) electrons. The lowest BCUT2D eigenvalue weighted by Crippen LogP contribution is -3.00. The number of pyridine rings is 2. The Morgan fingerprint density at radius 3 is 1.56 bits per heavy atom. The minimum Gasteiger partial charge on any atom is -1.00 e. The van der Waals surface area contributed by atoms with Crippen molar-refractivity contribution in [2.75, 3.05) is 0 Å². The largest absolute Gasteiger partial charge is 1.00 e. The van der Waals surface area contributed by atoms with Crippen LogP contribution in [0.3, 0.4) is 0 Å². The summed E-state index contributed by atoms with van der Waals surface area (Å²) >= 11 is 0. The summed E-state index contributed by atoms with van der Waals surface area (Å²) in [6.45, 7) is 1.05. The zero-order valence-electron chi connectivity index (χ0n) is 18.2. The maximum absolute atomic E-state index is 9.61. The van der Waals surface area contributed by atoms with Gasteiger partial charge in [0.15, 0.2) is 37.9 Å². The van der Waals surface area contributed by atoms with Crippen LogP contribution in [0.1, 0.15) is 11.1 Å². The molecule has 174 valence electrons. The van der Waals surface area contributed by atoms with Crippen molar-refractivity contribution < 1.29 is 63.2 Å². The van der Waals surface area contributed by atoms with Crippen molar-refractivity contribution in [3.8, 4) is 11.1 Å². The van der Waals surface area contributed by atoms with Gasteiger partial charge in [0.25, 0.3) is 0 Å². The van der Waals surface area contributed by atoms with E-state index in [2.05, 4.69) is 0 Å². The van der Waals surface area contributed by atoms with Crippen LogP contribution < -0.4 is 54.0 Å². The van der Waals surface area contributed by atoms with Crippen molar-refractivity contribution in [2.24, 2.45) is 0 Å². The van der Waals surface area contributed by atoms with E-state index in [1.165, 1.54) is 0 Å². The molecule has 2 aromatic carbocycles. The summed E-state index contributed by atoms with van der Waals surface area (Å²) in [6, 6.07) is 22.6. The normalized spacial score (nSPS) is 10.1. The number of aromatic nitrogens is 2. The van der Waals surface area contributed by atoms with Crippen molar-refractivity contribution in [2.45, 2.75) is 13.1 Å². The zero-order chi connectivity index (χ0) is 22.5. The number of benzene rings is 2. The number of halogens is 2. The smallest absolute Gasteiger partial charge is 0.488 e. The molecule has 0 amide bonds. The van der Waals surface area contributed by atoms with Gasteiger partial charge in [0.05, 0.1) is 0 Å². The Labute approximate surface area is 220 Å². The molecule has 0 unspecified atom stereocenters. The molecule has 0 saturated heterocycles. The van der Waals surface area contributed by atoms with Crippen LogP contribution in [0.5, 0.6) is 0 Å². The average Bonchev–Trinajstić information content (AvgIpc) is 2.80. The molecule has 4 N–H and O–H groups in total. The molecule has 34 heavy (non-hydrogen) atoms. The van der Waals surface area contributed by atoms with E-state index in [-0.39, 0.29) is 34.0 Å². The third kappa shape index (κ3) is 6.85. The van der Waals surface area contributed by atoms with E-state index >= 15 is 0 Å². The molecule has 4 aromatic rings. The van der Waals surface area contributed by atoms with Crippen LogP contribution >= 0.6 is 0 Å². The van der Waals surface area contributed by atoms with Crippen molar-refractivity contribution >= 4 is 25.2 Å². The average molecular weight is 586 g/mol. The van der Waals surface area contributed by atoms with E-state index in [9.17, 15) is 20.1 Å². The van der Waals surface area contributed by atoms with Gasteiger partial charge in [-0.25, -0.2) is 9.13 Å². The summed E-state index contributed by atoms with van der Waals surface area (Å²) in [7, 11) is -3.00. The Morgan fingerprint density at radius 1 is 0.529 bits per heavy atom. The minimum absolute atomic E-state index is 0. The van der Waals surface area contributed by atoms with Crippen LogP contribution in [0, 0.1) is 0 Å². The Kier molecular flexibility index (Phi) is 10.6. The van der Waals surface area contributed by atoms with Gasteiger partial charge in [0.1, 0.15) is 0 Å². The van der Waals surface area contributed by atoms with Crippen LogP contribution in [0.4, 0.5) is 0 Å². The molecule has 0 fully saturated rings. The summed E-state index contributed by atoms with van der Waals surface area (Å²) in [5.41, 5.74) is 4.78. The van der Waals surface area contributed by atoms with Gasteiger partial charge >= 0.3 is 14.2 Å². The summed E-state index contributed by atoms with van der Waals surface area (Å²) in [6.07, 6.45) is 7.90. The second-order valence-corrected chi connectivity index (χ2v) is 7.67. The fourth-order valence-electron chi connectivity index (χ4n) is 3.80. The minimum atomic E-state index is -1.50. The first-order chi connectivity index (χ1) is 15.5. The fourth-order valence-corrected chi connectivity index (χ4v) is 3.80. The standard InChI is InChI=1S/C24H24B2N2O4.2BrH/c29-25(30)23-9-3-1-6-21(23)17-27-14-11-19(12-15-27)20-8-5-13-28(16-20)18-22-7-2-4-10-24(22)26(31)32;;/h1-16,29-32H,17-18H2;2*1H/q+2;;/p-2. The molecular formula is C24H24B2Br2N2O4. The second-order valence-electron chi connectivity index (χ2n) is 7.67. The van der Waals surface area contributed by atoms with Gasteiger partial charge in [-0.15, -0.1) is 0 Å². The lowest BCUT2D eigenvalue weighted by molar-refractivity contribution is -0.688. The SMILES string of the molecule is OB(O)c1ccccc1C[n+]1ccc(-c2ccc[n+](Cc3ccccc3B(O)O)c2)cc1.[Br-].[Br-]. The molecule has 0 atom stereocenters. The third-order valence-corrected chi connectivity index (χ3v) is 5.46. The number of rotatable bonds is 7. The van der Waals surface area contributed by atoms with E-state index < -0.39 is 14.2 Å². The molecule has 2 aromatic heterocycles. The fraction of sp³-hybridized carbons (Fsp3) is 0.0833. The third-order valence-electron chi connectivity index (χ3n) is 5.46. The first-order valence-corrected chi connectivity index (χ1v) is 10.4. The van der Waals surface area contributed by atoms with E-state index in [4.69, 9.17) is 0 Å². The molecule has 0 aliphatic rings. The van der Waals surface area contributed by atoms with Crippen LogP contribution in [-0.2, 0) is 13.1 Å². The maximum atomic E-state index is 9.61. The monoisotopic (exact) mass is 584 g/mol. The first kappa shape index (κ1) is 27.9. The highest BCUT2D eigenvalue weighted by Gasteiger charge is 2.19. The van der Waals surface area contributed by atoms with Gasteiger partial charge in [-0.1, -0.05) is 48.5 Å². The van der Waals surface area contributed by atoms with Gasteiger partial charge < -0.3 is 54.1 Å². The molecule has 0 spiro atoms. The molecule has 10 heteroatoms. The molecule has 0 bridgehead atoms. The Morgan fingerprint density at radius 2 is 1.03 bits per heavy atom. The van der Waals surface area contributed by atoms with Gasteiger partial charge in [0.2, 0.25) is 0 Å². The zero-order valence-corrected chi connectivity index (χ0v) is 21.4. The number of hydrogen-bond donors (Lipinski definition) is 4. The van der Waals surface area contributed by atoms with E-state index in [1.54, 1.807) is 24.3 Å². The van der Waals surface area contributed by atoms with Crippen molar-refractivity contribution in [1.29, 1.82) is 0 Å². The molecule has 0 aliphatic carbocycles. The van der Waals surface area contributed by atoms with Gasteiger partial charge in [0, 0.05) is 34.9 Å². The molecule has 4 rings (SSSR count). The number of hydrogen-bond acceptors (Lipinski definition) is 4. The summed E-state index contributed by atoms with van der Waals surface area (Å²) in [5.74, 6) is 0. The van der Waals surface area contributed by atoms with Crippen molar-refractivity contribution in [3.05, 3.63) is 109 Å². The van der Waals surface area contributed by atoms with Gasteiger partial charge in [-0.2, -0.15) is 0 Å². The molecule has 0 aliphatic heterocycles. The van der Waals surface area contributed by atoms with E-state index in [1.807, 2.05) is 82.5 Å². The van der Waals surface area contributed by atoms with Crippen LogP contribution in [0.25, 0.3) is 11.1 Å². The van der Waals surface area contributed by atoms with Gasteiger partial charge in [-0.3, -0.25) is 0 Å². The van der Waals surface area contributed by atoms with Crippen molar-refractivity contribution in [3.63, 3.8) is 0 Å². The Hall–Kier alpha value is -2.33. The topological polar surface area (TPSA) is 88.7 Å². The predicted octanol–water partition coefficient (Wildman–Crippen LogP) is -6.61. The highest BCUT2D eigenvalue weighted by Crippen LogP contribution is 2.15. The molecule has 6 nitrogen and oxygen atoms in total. The molecular weight excluding hydrogens is 562 g/mol.